The number of fused-ring (bicyclic) bond motifs is 1. The summed E-state index contributed by atoms with van der Waals surface area (Å²) in [6.45, 7) is 2.08. The molecule has 0 radical (unpaired) electrons. The molecule has 31 heavy (non-hydrogen) atoms. The molecule has 0 unspecified atom stereocenters. The van der Waals surface area contributed by atoms with Gasteiger partial charge in [-0.2, -0.15) is 5.10 Å². The van der Waals surface area contributed by atoms with Crippen LogP contribution in [0.1, 0.15) is 30.0 Å². The zero-order chi connectivity index (χ0) is 22.0. The second-order valence-electron chi connectivity index (χ2n) is 6.91. The Morgan fingerprint density at radius 2 is 1.55 bits per heavy atom. The van der Waals surface area contributed by atoms with Crippen molar-refractivity contribution in [2.45, 2.75) is 13.3 Å². The molecular formula is C23H18N4O4. The first-order valence-corrected chi connectivity index (χ1v) is 9.66. The highest BCUT2D eigenvalue weighted by molar-refractivity contribution is 6.42. The summed E-state index contributed by atoms with van der Waals surface area (Å²) in [5, 5.41) is 27.0. The fraction of sp³-hybridized carbons (Fsp3) is 0.0870. The van der Waals surface area contributed by atoms with Crippen LogP contribution in [0.15, 0.2) is 77.9 Å². The Labute approximate surface area is 177 Å². The second kappa shape index (κ2) is 8.19. The van der Waals surface area contributed by atoms with Gasteiger partial charge in [0.15, 0.2) is 0 Å². The van der Waals surface area contributed by atoms with Gasteiger partial charge in [-0.1, -0.05) is 61.5 Å². The normalized spacial score (nSPS) is 13.9. The van der Waals surface area contributed by atoms with Crippen molar-refractivity contribution in [2.24, 2.45) is 5.10 Å². The fourth-order valence-electron chi connectivity index (χ4n) is 3.76. The predicted octanol–water partition coefficient (Wildman–Crippen LogP) is 5.65. The maximum atomic E-state index is 11.5. The van der Waals surface area contributed by atoms with Gasteiger partial charge in [0, 0.05) is 17.2 Å². The van der Waals surface area contributed by atoms with E-state index in [0.29, 0.717) is 5.71 Å². The van der Waals surface area contributed by atoms with Crippen molar-refractivity contribution in [1.29, 1.82) is 0 Å². The second-order valence-corrected chi connectivity index (χ2v) is 6.91. The Bertz CT molecular complexity index is 1250. The van der Waals surface area contributed by atoms with E-state index >= 15 is 0 Å². The largest absolute Gasteiger partial charge is 0.301 e. The number of benzene rings is 3. The smallest absolute Gasteiger partial charge is 0.271 e. The molecule has 0 heterocycles. The maximum Gasteiger partial charge on any atom is 0.301 e. The minimum atomic E-state index is -0.667. The number of non-ortho nitro benzene ring substituents is 1. The van der Waals surface area contributed by atoms with Crippen molar-refractivity contribution >= 4 is 33.9 Å². The third-order valence-electron chi connectivity index (χ3n) is 5.14. The highest BCUT2D eigenvalue weighted by Gasteiger charge is 2.28. The lowest BCUT2D eigenvalue weighted by molar-refractivity contribution is -0.393. The Kier molecular flexibility index (Phi) is 5.28. The van der Waals surface area contributed by atoms with Gasteiger partial charge in [-0.3, -0.25) is 25.7 Å². The summed E-state index contributed by atoms with van der Waals surface area (Å²) in [6, 6.07) is 21.2. The monoisotopic (exact) mass is 414 g/mol. The molecule has 0 atom stereocenters. The van der Waals surface area contributed by atoms with Crippen molar-refractivity contribution in [2.75, 3.05) is 5.43 Å². The van der Waals surface area contributed by atoms with Crippen LogP contribution in [-0.4, -0.2) is 15.6 Å². The lowest BCUT2D eigenvalue weighted by Crippen LogP contribution is -2.06. The van der Waals surface area contributed by atoms with Crippen LogP contribution in [0.5, 0.6) is 0 Å². The van der Waals surface area contributed by atoms with Crippen LogP contribution >= 0.6 is 0 Å². The summed E-state index contributed by atoms with van der Waals surface area (Å²) in [7, 11) is 0. The summed E-state index contributed by atoms with van der Waals surface area (Å²) in [4.78, 5) is 21.1. The van der Waals surface area contributed by atoms with Crippen LogP contribution in [0.3, 0.4) is 0 Å². The standard InChI is InChI=1S/C23H18N4O4/c1-2-17-18-10-6-7-11-19(18)23(22(17)15-8-4-3-5-9-15)25-24-20-13-12-16(26(28)29)14-21(20)27(30)31/h3-14,24H,2H2,1H3. The van der Waals surface area contributed by atoms with E-state index in [9.17, 15) is 20.2 Å². The molecule has 0 saturated heterocycles. The van der Waals surface area contributed by atoms with Crippen molar-refractivity contribution in [3.05, 3.63) is 110 Å². The molecular weight excluding hydrogens is 396 g/mol. The number of anilines is 1. The molecule has 0 amide bonds. The maximum absolute atomic E-state index is 11.5. The van der Waals surface area contributed by atoms with Crippen molar-refractivity contribution < 1.29 is 9.85 Å². The number of nitro benzene ring substituents is 2. The van der Waals surface area contributed by atoms with Crippen LogP contribution in [0, 0.1) is 20.2 Å². The van der Waals surface area contributed by atoms with E-state index in [1.165, 1.54) is 12.1 Å². The molecule has 0 spiro atoms. The number of hydrogen-bond acceptors (Lipinski definition) is 6. The highest BCUT2D eigenvalue weighted by Crippen LogP contribution is 2.40. The van der Waals surface area contributed by atoms with Crippen LogP contribution < -0.4 is 5.43 Å². The molecule has 0 fully saturated rings. The Morgan fingerprint density at radius 3 is 2.19 bits per heavy atom. The SMILES string of the molecule is CCC1=C(c2ccccc2)C(=NNc2ccc([N+](=O)[O-])cc2[N+](=O)[O-])c2ccccc21. The number of hydrogen-bond donors (Lipinski definition) is 1. The molecule has 1 aliphatic rings. The molecule has 1 N–H and O–H groups in total. The van der Waals surface area contributed by atoms with Crippen LogP contribution in [-0.2, 0) is 0 Å². The molecule has 0 aromatic heterocycles. The Hall–Kier alpha value is -4.33. The van der Waals surface area contributed by atoms with Crippen molar-refractivity contribution in [3.63, 3.8) is 0 Å². The van der Waals surface area contributed by atoms with Gasteiger partial charge >= 0.3 is 5.69 Å². The Balaban J connectivity index is 1.84. The average molecular weight is 414 g/mol. The van der Waals surface area contributed by atoms with E-state index in [-0.39, 0.29) is 11.4 Å². The zero-order valence-corrected chi connectivity index (χ0v) is 16.6. The lowest BCUT2D eigenvalue weighted by atomic mass is 9.98. The summed E-state index contributed by atoms with van der Waals surface area (Å²) >= 11 is 0. The number of allylic oxidation sites excluding steroid dienone is 2. The molecule has 0 aliphatic heterocycles. The molecule has 4 rings (SSSR count). The van der Waals surface area contributed by atoms with Gasteiger partial charge in [0.2, 0.25) is 0 Å². The number of nitrogens with one attached hydrogen (secondary N) is 1. The summed E-state index contributed by atoms with van der Waals surface area (Å²) < 4.78 is 0. The minimum Gasteiger partial charge on any atom is -0.271 e. The molecule has 1 aliphatic carbocycles. The van der Waals surface area contributed by atoms with Gasteiger partial charge in [-0.15, -0.1) is 0 Å². The number of rotatable bonds is 6. The van der Waals surface area contributed by atoms with E-state index in [4.69, 9.17) is 0 Å². The molecule has 0 saturated carbocycles. The van der Waals surface area contributed by atoms with Gasteiger partial charge in [0.25, 0.3) is 5.69 Å². The first-order valence-electron chi connectivity index (χ1n) is 9.66. The van der Waals surface area contributed by atoms with Crippen molar-refractivity contribution in [1.82, 2.24) is 0 Å². The van der Waals surface area contributed by atoms with E-state index in [1.54, 1.807) is 0 Å². The van der Waals surface area contributed by atoms with Gasteiger partial charge < -0.3 is 0 Å². The predicted molar refractivity (Wildman–Crippen MR) is 120 cm³/mol. The molecule has 8 nitrogen and oxygen atoms in total. The minimum absolute atomic E-state index is 0.0814. The summed E-state index contributed by atoms with van der Waals surface area (Å²) in [5.41, 5.74) is 7.86. The quantitative estimate of drug-likeness (QED) is 0.414. The number of nitro groups is 2. The average Bonchev–Trinajstić information content (AvgIpc) is 3.11. The van der Waals surface area contributed by atoms with E-state index in [1.807, 2.05) is 54.6 Å². The first-order chi connectivity index (χ1) is 15.0. The van der Waals surface area contributed by atoms with E-state index in [0.717, 1.165) is 40.3 Å². The van der Waals surface area contributed by atoms with Gasteiger partial charge in [0.05, 0.1) is 21.6 Å². The van der Waals surface area contributed by atoms with Gasteiger partial charge in [-0.25, -0.2) is 0 Å². The van der Waals surface area contributed by atoms with E-state index in [2.05, 4.69) is 17.5 Å². The molecule has 3 aromatic carbocycles. The zero-order valence-electron chi connectivity index (χ0n) is 16.6. The lowest BCUT2D eigenvalue weighted by Gasteiger charge is -2.09. The summed E-state index contributed by atoms with van der Waals surface area (Å²) in [6.07, 6.45) is 0.790. The first kappa shape index (κ1) is 20.0. The van der Waals surface area contributed by atoms with Gasteiger partial charge in [0.1, 0.15) is 5.69 Å². The summed E-state index contributed by atoms with van der Waals surface area (Å²) in [5.74, 6) is 0. The van der Waals surface area contributed by atoms with E-state index < -0.39 is 15.5 Å². The molecule has 8 heteroatoms. The molecule has 0 bridgehead atoms. The Morgan fingerprint density at radius 1 is 0.871 bits per heavy atom. The third-order valence-corrected chi connectivity index (χ3v) is 5.14. The highest BCUT2D eigenvalue weighted by atomic mass is 16.6. The topological polar surface area (TPSA) is 111 Å². The number of nitrogens with zero attached hydrogens (tertiary/aromatic N) is 3. The third kappa shape index (κ3) is 3.66. The molecule has 154 valence electrons. The van der Waals surface area contributed by atoms with Gasteiger partial charge in [-0.05, 0) is 29.2 Å². The number of hydrazone groups is 1. The van der Waals surface area contributed by atoms with Crippen LogP contribution in [0.4, 0.5) is 17.1 Å². The van der Waals surface area contributed by atoms with Crippen LogP contribution in [0.25, 0.3) is 11.1 Å². The van der Waals surface area contributed by atoms with Crippen LogP contribution in [0.2, 0.25) is 0 Å². The van der Waals surface area contributed by atoms with Crippen molar-refractivity contribution in [3.8, 4) is 0 Å². The molecule has 3 aromatic rings. The fourth-order valence-corrected chi connectivity index (χ4v) is 3.76.